The largest absolute Gasteiger partial charge is 0.277 e. The van der Waals surface area contributed by atoms with Crippen LogP contribution in [0.2, 0.25) is 0 Å². The van der Waals surface area contributed by atoms with Gasteiger partial charge in [0.25, 0.3) is 0 Å². The van der Waals surface area contributed by atoms with Gasteiger partial charge >= 0.3 is 0 Å². The molecule has 0 saturated heterocycles. The third-order valence-electron chi connectivity index (χ3n) is 4.45. The minimum absolute atomic E-state index is 0.929. The number of nitrogens with one attached hydrogen (secondary N) is 1. The van der Waals surface area contributed by atoms with Crippen molar-refractivity contribution in [3.05, 3.63) is 114 Å². The van der Waals surface area contributed by atoms with Gasteiger partial charge in [-0.15, -0.1) is 0 Å². The molecule has 0 aromatic heterocycles. The first-order valence-corrected chi connectivity index (χ1v) is 8.75. The van der Waals surface area contributed by atoms with Crippen LogP contribution >= 0.6 is 0 Å². The summed E-state index contributed by atoms with van der Waals surface area (Å²) in [6, 6.07) is 33.3. The summed E-state index contributed by atoms with van der Waals surface area (Å²) in [7, 11) is 0. The summed E-state index contributed by atoms with van der Waals surface area (Å²) in [4.78, 5) is 0. The van der Waals surface area contributed by atoms with Gasteiger partial charge in [-0.3, -0.25) is 5.43 Å². The van der Waals surface area contributed by atoms with Crippen molar-refractivity contribution in [2.75, 3.05) is 5.43 Å². The van der Waals surface area contributed by atoms with Crippen LogP contribution in [0.15, 0.2) is 102 Å². The normalized spacial score (nSPS) is 11.5. The van der Waals surface area contributed by atoms with E-state index in [2.05, 4.69) is 85.1 Å². The Kier molecular flexibility index (Phi) is 4.48. The van der Waals surface area contributed by atoms with Gasteiger partial charge in [-0.2, -0.15) is 5.10 Å². The SMILES string of the molecule is Cc1ccc(C(=NNc2cccc3ccccc23)c2ccccc2)cc1. The van der Waals surface area contributed by atoms with E-state index < -0.39 is 0 Å². The quantitative estimate of drug-likeness (QED) is 0.358. The minimum Gasteiger partial charge on any atom is -0.277 e. The first-order valence-electron chi connectivity index (χ1n) is 8.75. The molecule has 26 heavy (non-hydrogen) atoms. The number of fused-ring (bicyclic) bond motifs is 1. The van der Waals surface area contributed by atoms with Crippen LogP contribution in [0.1, 0.15) is 16.7 Å². The molecule has 0 unspecified atom stereocenters. The van der Waals surface area contributed by atoms with Crippen molar-refractivity contribution in [1.82, 2.24) is 0 Å². The lowest BCUT2D eigenvalue weighted by atomic mass is 10.0. The number of benzene rings is 4. The zero-order valence-electron chi connectivity index (χ0n) is 14.7. The molecule has 4 rings (SSSR count). The first kappa shape index (κ1) is 16.1. The molecule has 0 aliphatic carbocycles. The van der Waals surface area contributed by atoms with E-state index in [-0.39, 0.29) is 0 Å². The zero-order valence-corrected chi connectivity index (χ0v) is 14.7. The molecule has 1 N–H and O–H groups in total. The monoisotopic (exact) mass is 336 g/mol. The predicted molar refractivity (Wildman–Crippen MR) is 111 cm³/mol. The van der Waals surface area contributed by atoms with Gasteiger partial charge in [0.05, 0.1) is 11.4 Å². The number of rotatable bonds is 4. The van der Waals surface area contributed by atoms with Crippen LogP contribution in [-0.2, 0) is 0 Å². The number of anilines is 1. The molecule has 0 aliphatic heterocycles. The third kappa shape index (κ3) is 3.35. The Balaban J connectivity index is 1.77. The second kappa shape index (κ2) is 7.24. The Bertz CT molecular complexity index is 1040. The van der Waals surface area contributed by atoms with E-state index in [1.807, 2.05) is 24.3 Å². The van der Waals surface area contributed by atoms with Crippen molar-refractivity contribution < 1.29 is 0 Å². The molecule has 126 valence electrons. The highest BCUT2D eigenvalue weighted by atomic mass is 15.3. The number of nitrogens with zero attached hydrogens (tertiary/aromatic N) is 1. The number of aryl methyl sites for hydroxylation is 1. The molecule has 4 aromatic rings. The fraction of sp³-hybridized carbons (Fsp3) is 0.0417. The molecule has 0 heterocycles. The van der Waals surface area contributed by atoms with Crippen LogP contribution in [0.25, 0.3) is 10.8 Å². The molecule has 4 aromatic carbocycles. The maximum atomic E-state index is 4.78. The van der Waals surface area contributed by atoms with Gasteiger partial charge in [0, 0.05) is 16.5 Å². The molecular formula is C24H20N2. The van der Waals surface area contributed by atoms with Crippen LogP contribution < -0.4 is 5.43 Å². The summed E-state index contributed by atoms with van der Waals surface area (Å²) in [6.07, 6.45) is 0. The Labute approximate surface area is 153 Å². The average Bonchev–Trinajstić information content (AvgIpc) is 2.70. The summed E-state index contributed by atoms with van der Waals surface area (Å²) >= 11 is 0. The van der Waals surface area contributed by atoms with Crippen molar-refractivity contribution in [3.8, 4) is 0 Å². The lowest BCUT2D eigenvalue weighted by Gasteiger charge is -2.10. The highest BCUT2D eigenvalue weighted by Crippen LogP contribution is 2.23. The summed E-state index contributed by atoms with van der Waals surface area (Å²) in [5, 5.41) is 7.14. The van der Waals surface area contributed by atoms with Gasteiger partial charge in [-0.25, -0.2) is 0 Å². The van der Waals surface area contributed by atoms with Crippen molar-refractivity contribution >= 4 is 22.2 Å². The smallest absolute Gasteiger partial charge is 0.0977 e. The molecule has 0 saturated carbocycles. The lowest BCUT2D eigenvalue weighted by molar-refractivity contribution is 1.33. The number of hydrogen-bond donors (Lipinski definition) is 1. The summed E-state index contributed by atoms with van der Waals surface area (Å²) in [6.45, 7) is 2.09. The Morgan fingerprint density at radius 3 is 2.12 bits per heavy atom. The lowest BCUT2D eigenvalue weighted by Crippen LogP contribution is -2.06. The molecule has 0 atom stereocenters. The van der Waals surface area contributed by atoms with Gasteiger partial charge in [-0.1, -0.05) is 96.6 Å². The molecule has 2 nitrogen and oxygen atoms in total. The zero-order chi connectivity index (χ0) is 17.8. The molecule has 0 fully saturated rings. The molecule has 0 bridgehead atoms. The standard InChI is InChI=1S/C24H20N2/c1-18-14-16-21(17-15-18)24(20-9-3-2-4-10-20)26-25-23-13-7-11-19-8-5-6-12-22(19)23/h2-17,25H,1H3. The Morgan fingerprint density at radius 1 is 0.654 bits per heavy atom. The van der Waals surface area contributed by atoms with E-state index in [0.717, 1.165) is 27.9 Å². The molecule has 0 radical (unpaired) electrons. The maximum Gasteiger partial charge on any atom is 0.0977 e. The number of hydrogen-bond acceptors (Lipinski definition) is 2. The maximum absolute atomic E-state index is 4.78. The Morgan fingerprint density at radius 2 is 1.31 bits per heavy atom. The van der Waals surface area contributed by atoms with Gasteiger partial charge in [-0.05, 0) is 18.4 Å². The van der Waals surface area contributed by atoms with E-state index in [9.17, 15) is 0 Å². The second-order valence-electron chi connectivity index (χ2n) is 6.33. The summed E-state index contributed by atoms with van der Waals surface area (Å²) < 4.78 is 0. The Hall–Kier alpha value is -3.39. The molecule has 0 aliphatic rings. The molecule has 0 spiro atoms. The summed E-state index contributed by atoms with van der Waals surface area (Å²) in [5.41, 5.74) is 8.64. The molecule has 2 heteroatoms. The van der Waals surface area contributed by atoms with Crippen molar-refractivity contribution in [3.63, 3.8) is 0 Å². The highest BCUT2D eigenvalue weighted by molar-refractivity contribution is 6.13. The fourth-order valence-electron chi connectivity index (χ4n) is 3.04. The van der Waals surface area contributed by atoms with E-state index in [1.54, 1.807) is 0 Å². The van der Waals surface area contributed by atoms with Gasteiger partial charge in [0.1, 0.15) is 0 Å². The predicted octanol–water partition coefficient (Wildman–Crippen LogP) is 6.01. The molecular weight excluding hydrogens is 316 g/mol. The van der Waals surface area contributed by atoms with Crippen molar-refractivity contribution in [2.45, 2.75) is 6.92 Å². The van der Waals surface area contributed by atoms with Crippen LogP contribution in [0.5, 0.6) is 0 Å². The van der Waals surface area contributed by atoms with Crippen LogP contribution in [-0.4, -0.2) is 5.71 Å². The van der Waals surface area contributed by atoms with Gasteiger partial charge in [0.2, 0.25) is 0 Å². The number of hydrazone groups is 1. The van der Waals surface area contributed by atoms with E-state index in [0.29, 0.717) is 0 Å². The first-order chi connectivity index (χ1) is 12.8. The van der Waals surface area contributed by atoms with E-state index in [4.69, 9.17) is 5.10 Å². The van der Waals surface area contributed by atoms with E-state index in [1.165, 1.54) is 10.9 Å². The third-order valence-corrected chi connectivity index (χ3v) is 4.45. The van der Waals surface area contributed by atoms with Crippen molar-refractivity contribution in [2.24, 2.45) is 5.10 Å². The summed E-state index contributed by atoms with van der Waals surface area (Å²) in [5.74, 6) is 0. The van der Waals surface area contributed by atoms with Crippen LogP contribution in [0.4, 0.5) is 5.69 Å². The second-order valence-corrected chi connectivity index (χ2v) is 6.33. The minimum atomic E-state index is 0.929. The van der Waals surface area contributed by atoms with Crippen molar-refractivity contribution in [1.29, 1.82) is 0 Å². The van der Waals surface area contributed by atoms with Gasteiger partial charge in [0.15, 0.2) is 0 Å². The van der Waals surface area contributed by atoms with E-state index >= 15 is 0 Å². The highest BCUT2D eigenvalue weighted by Gasteiger charge is 2.07. The average molecular weight is 336 g/mol. The van der Waals surface area contributed by atoms with Gasteiger partial charge < -0.3 is 0 Å². The topological polar surface area (TPSA) is 24.4 Å². The fourth-order valence-corrected chi connectivity index (χ4v) is 3.04. The molecule has 0 amide bonds. The van der Waals surface area contributed by atoms with Crippen LogP contribution in [0, 0.1) is 6.92 Å². The van der Waals surface area contributed by atoms with Crippen LogP contribution in [0.3, 0.4) is 0 Å².